The SMILES string of the molecule is O=S(=O)(NCC1CCOCC1)c1cc(Cl)cc(CO)c1F. The molecule has 2 N–H and O–H groups in total. The summed E-state index contributed by atoms with van der Waals surface area (Å²) >= 11 is 5.77. The van der Waals surface area contributed by atoms with Crippen molar-refractivity contribution < 1.29 is 22.7 Å². The van der Waals surface area contributed by atoms with Gasteiger partial charge in [0, 0.05) is 30.3 Å². The van der Waals surface area contributed by atoms with Crippen LogP contribution in [0.25, 0.3) is 0 Å². The van der Waals surface area contributed by atoms with Gasteiger partial charge in [-0.2, -0.15) is 0 Å². The summed E-state index contributed by atoms with van der Waals surface area (Å²) < 4.78 is 46.0. The topological polar surface area (TPSA) is 75.6 Å². The molecule has 0 unspecified atom stereocenters. The Labute approximate surface area is 128 Å². The molecule has 21 heavy (non-hydrogen) atoms. The van der Waals surface area contributed by atoms with Crippen molar-refractivity contribution in [1.29, 1.82) is 0 Å². The lowest BCUT2D eigenvalue weighted by Gasteiger charge is -2.22. The minimum atomic E-state index is -4.01. The molecule has 0 amide bonds. The molecule has 118 valence electrons. The summed E-state index contributed by atoms with van der Waals surface area (Å²) in [7, 11) is -4.01. The van der Waals surface area contributed by atoms with Gasteiger partial charge in [-0.3, -0.25) is 0 Å². The van der Waals surface area contributed by atoms with Crippen molar-refractivity contribution in [2.75, 3.05) is 19.8 Å². The average molecular weight is 338 g/mol. The van der Waals surface area contributed by atoms with Crippen molar-refractivity contribution in [2.24, 2.45) is 5.92 Å². The Morgan fingerprint density at radius 1 is 1.38 bits per heavy atom. The third-order valence-electron chi connectivity index (χ3n) is 3.44. The summed E-state index contributed by atoms with van der Waals surface area (Å²) in [6.07, 6.45) is 1.53. The Morgan fingerprint density at radius 2 is 2.05 bits per heavy atom. The lowest BCUT2D eigenvalue weighted by Crippen LogP contribution is -2.32. The van der Waals surface area contributed by atoms with Gasteiger partial charge in [0.05, 0.1) is 6.61 Å². The first kappa shape index (κ1) is 16.6. The molecule has 1 fully saturated rings. The Hall–Kier alpha value is -0.730. The number of rotatable bonds is 5. The third-order valence-corrected chi connectivity index (χ3v) is 5.08. The molecule has 8 heteroatoms. The molecule has 0 saturated carbocycles. The molecule has 1 aliphatic heterocycles. The number of benzene rings is 1. The fraction of sp³-hybridized carbons (Fsp3) is 0.538. The first-order valence-corrected chi connectivity index (χ1v) is 8.46. The molecule has 1 heterocycles. The normalized spacial score (nSPS) is 17.1. The van der Waals surface area contributed by atoms with Crippen molar-refractivity contribution in [2.45, 2.75) is 24.3 Å². The number of aliphatic hydroxyl groups excluding tert-OH is 1. The molecule has 1 aromatic carbocycles. The van der Waals surface area contributed by atoms with E-state index in [0.717, 1.165) is 18.9 Å². The second-order valence-electron chi connectivity index (χ2n) is 4.94. The minimum Gasteiger partial charge on any atom is -0.392 e. The molecule has 0 spiro atoms. The fourth-order valence-corrected chi connectivity index (χ4v) is 3.75. The van der Waals surface area contributed by atoms with Gasteiger partial charge in [0.25, 0.3) is 0 Å². The summed E-state index contributed by atoms with van der Waals surface area (Å²) in [5, 5.41) is 9.10. The number of halogens is 2. The summed E-state index contributed by atoms with van der Waals surface area (Å²) in [6.45, 7) is 0.820. The van der Waals surface area contributed by atoms with Gasteiger partial charge in [0.1, 0.15) is 10.7 Å². The van der Waals surface area contributed by atoms with Gasteiger partial charge in [-0.05, 0) is 30.9 Å². The highest BCUT2D eigenvalue weighted by Crippen LogP contribution is 2.24. The van der Waals surface area contributed by atoms with E-state index in [9.17, 15) is 12.8 Å². The number of hydrogen-bond acceptors (Lipinski definition) is 4. The van der Waals surface area contributed by atoms with Crippen LogP contribution in [-0.2, 0) is 21.4 Å². The van der Waals surface area contributed by atoms with Crippen LogP contribution in [0.2, 0.25) is 5.02 Å². The van der Waals surface area contributed by atoms with Gasteiger partial charge >= 0.3 is 0 Å². The van der Waals surface area contributed by atoms with E-state index in [4.69, 9.17) is 21.4 Å². The Morgan fingerprint density at radius 3 is 2.67 bits per heavy atom. The van der Waals surface area contributed by atoms with Crippen molar-refractivity contribution in [3.8, 4) is 0 Å². The zero-order chi connectivity index (χ0) is 15.5. The number of hydrogen-bond donors (Lipinski definition) is 2. The molecule has 1 aromatic rings. The second kappa shape index (κ2) is 7.02. The molecule has 5 nitrogen and oxygen atoms in total. The molecule has 1 saturated heterocycles. The highest BCUT2D eigenvalue weighted by Gasteiger charge is 2.24. The lowest BCUT2D eigenvalue weighted by atomic mass is 10.0. The number of ether oxygens (including phenoxy) is 1. The van der Waals surface area contributed by atoms with E-state index in [1.165, 1.54) is 6.07 Å². The zero-order valence-electron chi connectivity index (χ0n) is 11.3. The molecular weight excluding hydrogens is 321 g/mol. The summed E-state index contributed by atoms with van der Waals surface area (Å²) in [5.41, 5.74) is -0.144. The molecule has 1 aliphatic rings. The van der Waals surface area contributed by atoms with E-state index < -0.39 is 27.3 Å². The molecule has 0 aliphatic carbocycles. The predicted octanol–water partition coefficient (Wildman–Crippen LogP) is 1.68. The predicted molar refractivity (Wildman–Crippen MR) is 76.1 cm³/mol. The lowest BCUT2D eigenvalue weighted by molar-refractivity contribution is 0.0678. The van der Waals surface area contributed by atoms with Crippen LogP contribution in [0.15, 0.2) is 17.0 Å². The molecule has 0 atom stereocenters. The maximum absolute atomic E-state index is 14.1. The highest BCUT2D eigenvalue weighted by atomic mass is 35.5. The van der Waals surface area contributed by atoms with Crippen LogP contribution in [0.4, 0.5) is 4.39 Å². The Bertz CT molecular complexity index is 602. The number of sulfonamides is 1. The Kier molecular flexibility index (Phi) is 5.56. The van der Waals surface area contributed by atoms with Crippen LogP contribution in [0.5, 0.6) is 0 Å². The molecule has 0 radical (unpaired) electrons. The van der Waals surface area contributed by atoms with E-state index in [1.54, 1.807) is 0 Å². The monoisotopic (exact) mass is 337 g/mol. The molecular formula is C13H17ClFNO4S. The third kappa shape index (κ3) is 4.14. The smallest absolute Gasteiger partial charge is 0.243 e. The summed E-state index contributed by atoms with van der Waals surface area (Å²) in [4.78, 5) is -0.536. The zero-order valence-corrected chi connectivity index (χ0v) is 12.9. The number of aliphatic hydroxyl groups is 1. The maximum Gasteiger partial charge on any atom is 0.243 e. The molecule has 2 rings (SSSR count). The van der Waals surface area contributed by atoms with E-state index in [0.29, 0.717) is 13.2 Å². The van der Waals surface area contributed by atoms with Gasteiger partial charge in [0.15, 0.2) is 0 Å². The second-order valence-corrected chi connectivity index (χ2v) is 7.11. The van der Waals surface area contributed by atoms with E-state index in [1.807, 2.05) is 0 Å². The van der Waals surface area contributed by atoms with E-state index >= 15 is 0 Å². The van der Waals surface area contributed by atoms with Crippen LogP contribution >= 0.6 is 11.6 Å². The van der Waals surface area contributed by atoms with Crippen molar-refractivity contribution in [3.05, 3.63) is 28.5 Å². The van der Waals surface area contributed by atoms with E-state index in [-0.39, 0.29) is 23.0 Å². The van der Waals surface area contributed by atoms with Crippen molar-refractivity contribution in [3.63, 3.8) is 0 Å². The van der Waals surface area contributed by atoms with Gasteiger partial charge in [-0.15, -0.1) is 0 Å². The van der Waals surface area contributed by atoms with Crippen molar-refractivity contribution >= 4 is 21.6 Å². The summed E-state index contributed by atoms with van der Waals surface area (Å²) in [5.74, 6) is -0.797. The first-order chi connectivity index (χ1) is 9.94. The standard InChI is InChI=1S/C13H17ClFNO4S/c14-11-5-10(8-17)13(15)12(6-11)21(18,19)16-7-9-1-3-20-4-2-9/h5-6,9,16-17H,1-4,7-8H2. The van der Waals surface area contributed by atoms with Gasteiger partial charge < -0.3 is 9.84 Å². The van der Waals surface area contributed by atoms with E-state index in [2.05, 4.69) is 4.72 Å². The van der Waals surface area contributed by atoms with Crippen molar-refractivity contribution in [1.82, 2.24) is 4.72 Å². The molecule has 0 aromatic heterocycles. The highest BCUT2D eigenvalue weighted by molar-refractivity contribution is 7.89. The quantitative estimate of drug-likeness (QED) is 0.857. The number of nitrogens with one attached hydrogen (secondary N) is 1. The maximum atomic E-state index is 14.1. The van der Waals surface area contributed by atoms with Crippen LogP contribution in [0.1, 0.15) is 18.4 Å². The van der Waals surface area contributed by atoms with Crippen LogP contribution in [0.3, 0.4) is 0 Å². The first-order valence-electron chi connectivity index (χ1n) is 6.60. The van der Waals surface area contributed by atoms with Crippen LogP contribution < -0.4 is 4.72 Å². The average Bonchev–Trinajstić information content (AvgIpc) is 2.48. The van der Waals surface area contributed by atoms with Gasteiger partial charge in [-0.1, -0.05) is 11.6 Å². The molecule has 0 bridgehead atoms. The summed E-state index contributed by atoms with van der Waals surface area (Å²) in [6, 6.07) is 2.25. The fourth-order valence-electron chi connectivity index (χ4n) is 2.18. The van der Waals surface area contributed by atoms with Gasteiger partial charge in [-0.25, -0.2) is 17.5 Å². The van der Waals surface area contributed by atoms with Gasteiger partial charge in [0.2, 0.25) is 10.0 Å². The largest absolute Gasteiger partial charge is 0.392 e. The van der Waals surface area contributed by atoms with Crippen LogP contribution in [-0.4, -0.2) is 33.3 Å². The van der Waals surface area contributed by atoms with Crippen LogP contribution in [0, 0.1) is 11.7 Å². The minimum absolute atomic E-state index is 0.0619. The Balaban J connectivity index is 2.17.